The molecule has 33 heavy (non-hydrogen) atoms. The zero-order valence-electron chi connectivity index (χ0n) is 18.4. The Bertz CT molecular complexity index is 1060. The molecule has 2 aromatic rings. The quantitative estimate of drug-likeness (QED) is 0.698. The van der Waals surface area contributed by atoms with Gasteiger partial charge in [-0.1, -0.05) is 11.6 Å². The van der Waals surface area contributed by atoms with Crippen LogP contribution in [0.3, 0.4) is 0 Å². The molecule has 1 aromatic heterocycles. The van der Waals surface area contributed by atoms with Crippen molar-refractivity contribution in [3.63, 3.8) is 0 Å². The number of ether oxygens (including phenoxy) is 1. The monoisotopic (exact) mass is 466 g/mol. The van der Waals surface area contributed by atoms with Gasteiger partial charge in [-0.25, -0.2) is 0 Å². The summed E-state index contributed by atoms with van der Waals surface area (Å²) in [5.74, 6) is 1.33. The Morgan fingerprint density at radius 3 is 2.64 bits per heavy atom. The highest BCUT2D eigenvalue weighted by molar-refractivity contribution is 6.31. The van der Waals surface area contributed by atoms with Crippen LogP contribution in [-0.4, -0.2) is 54.4 Å². The van der Waals surface area contributed by atoms with E-state index in [1.54, 1.807) is 24.3 Å². The predicted molar refractivity (Wildman–Crippen MR) is 124 cm³/mol. The van der Waals surface area contributed by atoms with E-state index in [-0.39, 0.29) is 18.1 Å². The number of aromatic nitrogens is 2. The Kier molecular flexibility index (Phi) is 6.09. The predicted octanol–water partition coefficient (Wildman–Crippen LogP) is 2.92. The highest BCUT2D eigenvalue weighted by Gasteiger charge is 2.43. The second-order valence-corrected chi connectivity index (χ2v) is 9.78. The van der Waals surface area contributed by atoms with Gasteiger partial charge in [-0.05, 0) is 56.4 Å². The Labute approximate surface area is 198 Å². The summed E-state index contributed by atoms with van der Waals surface area (Å²) in [6.07, 6.45) is 4.56. The van der Waals surface area contributed by atoms with Gasteiger partial charge in [0.15, 0.2) is 11.5 Å². The first-order valence-corrected chi connectivity index (χ1v) is 11.9. The lowest BCUT2D eigenvalue weighted by atomic mass is 9.81. The average Bonchev–Trinajstić information content (AvgIpc) is 3.27. The van der Waals surface area contributed by atoms with Gasteiger partial charge in [-0.3, -0.25) is 4.79 Å². The summed E-state index contributed by atoms with van der Waals surface area (Å²) in [7, 11) is 0. The summed E-state index contributed by atoms with van der Waals surface area (Å²) >= 11 is 6.09. The molecule has 1 amide bonds. The summed E-state index contributed by atoms with van der Waals surface area (Å²) in [4.78, 5) is 14.9. The molecule has 2 N–H and O–H groups in total. The van der Waals surface area contributed by atoms with Gasteiger partial charge >= 0.3 is 0 Å². The molecule has 2 saturated heterocycles. The third-order valence-corrected chi connectivity index (χ3v) is 7.33. The molecule has 0 unspecified atom stereocenters. The normalized spacial score (nSPS) is 23.6. The van der Waals surface area contributed by atoms with Gasteiger partial charge in [-0.2, -0.15) is 5.26 Å². The van der Waals surface area contributed by atoms with E-state index < -0.39 is 0 Å². The minimum Gasteiger partial charge on any atom is -0.490 e. The highest BCUT2D eigenvalue weighted by atomic mass is 35.5. The fourth-order valence-electron chi connectivity index (χ4n) is 4.95. The molecule has 2 aliphatic heterocycles. The summed E-state index contributed by atoms with van der Waals surface area (Å²) in [6, 6.07) is 10.9. The number of hydrogen-bond acceptors (Lipinski definition) is 7. The van der Waals surface area contributed by atoms with Crippen molar-refractivity contribution < 1.29 is 9.53 Å². The minimum atomic E-state index is -0.182. The summed E-state index contributed by atoms with van der Waals surface area (Å²) in [6.45, 7) is 4.14. The van der Waals surface area contributed by atoms with Crippen molar-refractivity contribution in [3.05, 3.63) is 46.6 Å². The average molecular weight is 467 g/mol. The van der Waals surface area contributed by atoms with Crippen LogP contribution in [0.2, 0.25) is 5.02 Å². The Morgan fingerprint density at radius 1 is 1.21 bits per heavy atom. The van der Waals surface area contributed by atoms with E-state index in [1.807, 2.05) is 12.1 Å². The van der Waals surface area contributed by atoms with Gasteiger partial charge in [0.25, 0.3) is 5.91 Å². The first kappa shape index (κ1) is 21.9. The molecule has 8 nitrogen and oxygen atoms in total. The van der Waals surface area contributed by atoms with Crippen LogP contribution in [0.25, 0.3) is 0 Å². The van der Waals surface area contributed by atoms with Crippen molar-refractivity contribution in [2.24, 2.45) is 5.41 Å². The largest absolute Gasteiger partial charge is 0.490 e. The van der Waals surface area contributed by atoms with Crippen LogP contribution in [0.5, 0.6) is 5.75 Å². The lowest BCUT2D eigenvalue weighted by Crippen LogP contribution is -2.54. The van der Waals surface area contributed by atoms with Crippen molar-refractivity contribution in [2.75, 3.05) is 31.1 Å². The number of halogens is 1. The molecule has 172 valence electrons. The van der Waals surface area contributed by atoms with Crippen LogP contribution in [0.15, 0.2) is 30.3 Å². The van der Waals surface area contributed by atoms with Crippen LogP contribution in [0, 0.1) is 16.7 Å². The van der Waals surface area contributed by atoms with E-state index in [1.165, 1.54) is 6.42 Å². The zero-order valence-corrected chi connectivity index (χ0v) is 19.1. The lowest BCUT2D eigenvalue weighted by molar-refractivity contribution is 0.0888. The van der Waals surface area contributed by atoms with Crippen LogP contribution >= 0.6 is 11.6 Å². The Balaban J connectivity index is 1.09. The van der Waals surface area contributed by atoms with Gasteiger partial charge in [0, 0.05) is 43.7 Å². The maximum Gasteiger partial charge on any atom is 0.272 e. The fraction of sp³-hybridized carbons (Fsp3) is 0.500. The molecular formula is C24H27ClN6O2. The third-order valence-electron chi connectivity index (χ3n) is 7.02. The number of carbonyl (C=O) groups is 1. The number of hydrogen-bond donors (Lipinski definition) is 2. The maximum absolute atomic E-state index is 12.7. The van der Waals surface area contributed by atoms with Crippen LogP contribution in [0.1, 0.15) is 48.2 Å². The summed E-state index contributed by atoms with van der Waals surface area (Å²) in [5.41, 5.74) is 1.18. The zero-order chi connectivity index (χ0) is 22.8. The van der Waals surface area contributed by atoms with E-state index in [0.29, 0.717) is 27.4 Å². The molecule has 5 rings (SSSR count). The van der Waals surface area contributed by atoms with Crippen molar-refractivity contribution in [1.29, 1.82) is 5.26 Å². The van der Waals surface area contributed by atoms with E-state index in [4.69, 9.17) is 21.6 Å². The summed E-state index contributed by atoms with van der Waals surface area (Å²) < 4.78 is 6.02. The lowest BCUT2D eigenvalue weighted by Gasteiger charge is -2.39. The number of carbonyl (C=O) groups excluding carboxylic acids is 1. The number of rotatable bonds is 5. The fourth-order valence-corrected chi connectivity index (χ4v) is 5.16. The Morgan fingerprint density at radius 2 is 2.03 bits per heavy atom. The van der Waals surface area contributed by atoms with Crippen molar-refractivity contribution in [2.45, 2.75) is 44.2 Å². The third kappa shape index (κ3) is 4.75. The first-order valence-electron chi connectivity index (χ1n) is 11.5. The van der Waals surface area contributed by atoms with Crippen LogP contribution in [0.4, 0.5) is 5.82 Å². The minimum absolute atomic E-state index is 0.0656. The molecule has 3 aliphatic rings. The van der Waals surface area contributed by atoms with Crippen molar-refractivity contribution >= 4 is 23.3 Å². The van der Waals surface area contributed by atoms with Crippen molar-refractivity contribution in [3.8, 4) is 11.8 Å². The van der Waals surface area contributed by atoms with Gasteiger partial charge in [-0.15, -0.1) is 10.2 Å². The molecule has 0 bridgehead atoms. The SMILES string of the molecule is N#Cc1ccc(OC2CCC(NC(=O)c3ccc(N4CCC5(CNC5)C4)nn3)CC2)cc1Cl. The molecule has 1 aliphatic carbocycles. The van der Waals surface area contributed by atoms with Gasteiger partial charge in [0.1, 0.15) is 11.8 Å². The molecule has 0 radical (unpaired) electrons. The van der Waals surface area contributed by atoms with E-state index >= 15 is 0 Å². The molecule has 9 heteroatoms. The molecule has 0 atom stereocenters. The molecule has 1 spiro atoms. The van der Waals surface area contributed by atoms with Gasteiger partial charge in [0.05, 0.1) is 16.7 Å². The van der Waals surface area contributed by atoms with Gasteiger partial charge in [0.2, 0.25) is 0 Å². The molecular weight excluding hydrogens is 440 g/mol. The Hall–Kier alpha value is -2.89. The smallest absolute Gasteiger partial charge is 0.272 e. The van der Waals surface area contributed by atoms with Gasteiger partial charge < -0.3 is 20.3 Å². The van der Waals surface area contributed by atoms with Crippen LogP contribution in [-0.2, 0) is 0 Å². The molecule has 1 aromatic carbocycles. The molecule has 3 heterocycles. The molecule has 3 fully saturated rings. The number of nitriles is 1. The first-order chi connectivity index (χ1) is 16.0. The summed E-state index contributed by atoms with van der Waals surface area (Å²) in [5, 5.41) is 24.3. The molecule has 1 saturated carbocycles. The standard InChI is InChI=1S/C24H27ClN6O2/c25-20-11-19(4-1-16(20)12-26)33-18-5-2-17(3-6-18)28-23(32)21-7-8-22(30-29-21)31-10-9-24(15-31)13-27-14-24/h1,4,7-8,11,17-18,27H,2-3,5-6,9-10,13-15H2,(H,28,32). The number of benzene rings is 1. The number of anilines is 1. The van der Waals surface area contributed by atoms with E-state index in [2.05, 4.69) is 25.7 Å². The maximum atomic E-state index is 12.7. The van der Waals surface area contributed by atoms with E-state index in [0.717, 1.165) is 57.7 Å². The highest BCUT2D eigenvalue weighted by Crippen LogP contribution is 2.35. The second-order valence-electron chi connectivity index (χ2n) is 9.37. The second kappa shape index (κ2) is 9.16. The number of nitrogens with zero attached hydrogens (tertiary/aromatic N) is 4. The van der Waals surface area contributed by atoms with Crippen molar-refractivity contribution in [1.82, 2.24) is 20.8 Å². The van der Waals surface area contributed by atoms with Crippen LogP contribution < -0.4 is 20.3 Å². The van der Waals surface area contributed by atoms with E-state index in [9.17, 15) is 4.79 Å². The number of amides is 1. The topological polar surface area (TPSA) is 103 Å². The number of nitrogens with one attached hydrogen (secondary N) is 2.